The molecule has 10 heavy (non-hydrogen) atoms. The van der Waals surface area contributed by atoms with Gasteiger partial charge in [-0.15, -0.1) is 0 Å². The Labute approximate surface area is 62.6 Å². The van der Waals surface area contributed by atoms with Crippen molar-refractivity contribution in [1.82, 2.24) is 0 Å². The molecule has 0 fully saturated rings. The molecule has 0 bridgehead atoms. The van der Waals surface area contributed by atoms with E-state index in [4.69, 9.17) is 4.74 Å². The van der Waals surface area contributed by atoms with Crippen molar-refractivity contribution in [2.24, 2.45) is 4.99 Å². The highest BCUT2D eigenvalue weighted by Crippen LogP contribution is 1.91. The summed E-state index contributed by atoms with van der Waals surface area (Å²) in [5.41, 5.74) is 2.24. The summed E-state index contributed by atoms with van der Waals surface area (Å²) in [6.45, 7) is 4.68. The summed E-state index contributed by atoms with van der Waals surface area (Å²) in [6, 6.07) is 0. The Morgan fingerprint density at radius 1 is 1.50 bits per heavy atom. The van der Waals surface area contributed by atoms with E-state index in [1.54, 1.807) is 14.2 Å². The highest BCUT2D eigenvalue weighted by Gasteiger charge is 1.90. The van der Waals surface area contributed by atoms with Crippen LogP contribution in [0.25, 0.3) is 0 Å². The molecule has 0 aromatic carbocycles. The summed E-state index contributed by atoms with van der Waals surface area (Å²) in [6.07, 6.45) is 2.02. The van der Waals surface area contributed by atoms with E-state index in [-0.39, 0.29) is 0 Å². The third-order valence-corrected chi connectivity index (χ3v) is 1.03. The fraction of sp³-hybridized carbons (Fsp3) is 0.625. The second-order valence-electron chi connectivity index (χ2n) is 2.37. The Balaban J connectivity index is 3.98. The van der Waals surface area contributed by atoms with Crippen LogP contribution in [0.15, 0.2) is 16.6 Å². The van der Waals surface area contributed by atoms with Gasteiger partial charge in [-0.1, -0.05) is 5.57 Å². The quantitative estimate of drug-likeness (QED) is 0.548. The molecular formula is C8H15NO. The second kappa shape index (κ2) is 5.18. The molecule has 0 atom stereocenters. The lowest BCUT2D eigenvalue weighted by molar-refractivity contribution is 0.246. The first-order valence-corrected chi connectivity index (χ1v) is 3.30. The molecule has 0 amide bonds. The van der Waals surface area contributed by atoms with Gasteiger partial charge in [-0.2, -0.15) is 0 Å². The van der Waals surface area contributed by atoms with Crippen molar-refractivity contribution >= 4 is 5.71 Å². The molecule has 0 spiro atoms. The Morgan fingerprint density at radius 3 is 2.40 bits per heavy atom. The minimum atomic E-state index is 0.599. The molecule has 0 saturated heterocycles. The first kappa shape index (κ1) is 9.37. The first-order chi connectivity index (χ1) is 4.70. The molecule has 2 heteroatoms. The van der Waals surface area contributed by atoms with Gasteiger partial charge in [0.1, 0.15) is 0 Å². The van der Waals surface area contributed by atoms with Crippen molar-refractivity contribution in [3.63, 3.8) is 0 Å². The van der Waals surface area contributed by atoms with Crippen LogP contribution in [-0.4, -0.2) is 26.5 Å². The SMILES string of the molecule is CN=C(C=C(C)C)COC. The standard InChI is InChI=1S/C8H15NO/c1-7(2)5-8(9-3)6-10-4/h5H,6H2,1-4H3. The number of aliphatic imine (C=N–C) groups is 1. The van der Waals surface area contributed by atoms with Gasteiger partial charge >= 0.3 is 0 Å². The maximum atomic E-state index is 4.92. The normalized spacial score (nSPS) is 11.4. The summed E-state index contributed by atoms with van der Waals surface area (Å²) in [4.78, 5) is 4.03. The van der Waals surface area contributed by atoms with Gasteiger partial charge in [-0.05, 0) is 19.9 Å². The topological polar surface area (TPSA) is 21.6 Å². The Morgan fingerprint density at radius 2 is 2.10 bits per heavy atom. The van der Waals surface area contributed by atoms with Crippen molar-refractivity contribution in [3.05, 3.63) is 11.6 Å². The predicted molar refractivity (Wildman–Crippen MR) is 44.7 cm³/mol. The molecule has 0 aromatic rings. The molecular weight excluding hydrogens is 126 g/mol. The van der Waals surface area contributed by atoms with E-state index in [2.05, 4.69) is 4.99 Å². The molecule has 0 N–H and O–H groups in total. The highest BCUT2D eigenvalue weighted by atomic mass is 16.5. The van der Waals surface area contributed by atoms with Crippen molar-refractivity contribution in [2.45, 2.75) is 13.8 Å². The molecule has 0 aliphatic heterocycles. The summed E-state index contributed by atoms with van der Waals surface area (Å²) >= 11 is 0. The molecule has 0 heterocycles. The Kier molecular flexibility index (Phi) is 4.85. The van der Waals surface area contributed by atoms with Crippen LogP contribution in [0.5, 0.6) is 0 Å². The van der Waals surface area contributed by atoms with E-state index in [0.29, 0.717) is 6.61 Å². The number of hydrogen-bond acceptors (Lipinski definition) is 2. The molecule has 0 saturated carbocycles. The van der Waals surface area contributed by atoms with E-state index >= 15 is 0 Å². The predicted octanol–water partition coefficient (Wildman–Crippen LogP) is 1.67. The third-order valence-electron chi connectivity index (χ3n) is 1.03. The minimum Gasteiger partial charge on any atom is -0.378 e. The van der Waals surface area contributed by atoms with Crippen LogP contribution in [-0.2, 0) is 4.74 Å². The zero-order valence-electron chi connectivity index (χ0n) is 7.14. The molecule has 0 aromatic heterocycles. The maximum Gasteiger partial charge on any atom is 0.0879 e. The van der Waals surface area contributed by atoms with E-state index < -0.39 is 0 Å². The van der Waals surface area contributed by atoms with Crippen LogP contribution < -0.4 is 0 Å². The van der Waals surface area contributed by atoms with Gasteiger partial charge in [-0.3, -0.25) is 4.99 Å². The molecule has 0 rings (SSSR count). The lowest BCUT2D eigenvalue weighted by Crippen LogP contribution is -2.03. The van der Waals surface area contributed by atoms with Crippen molar-refractivity contribution in [1.29, 1.82) is 0 Å². The van der Waals surface area contributed by atoms with Crippen LogP contribution >= 0.6 is 0 Å². The number of methoxy groups -OCH3 is 1. The molecule has 2 nitrogen and oxygen atoms in total. The fourth-order valence-electron chi connectivity index (χ4n) is 0.652. The number of ether oxygens (including phenoxy) is 1. The maximum absolute atomic E-state index is 4.92. The highest BCUT2D eigenvalue weighted by molar-refractivity contribution is 5.96. The van der Waals surface area contributed by atoms with Crippen LogP contribution in [0.4, 0.5) is 0 Å². The van der Waals surface area contributed by atoms with Gasteiger partial charge in [-0.25, -0.2) is 0 Å². The van der Waals surface area contributed by atoms with Gasteiger partial charge in [0, 0.05) is 14.2 Å². The van der Waals surface area contributed by atoms with Crippen molar-refractivity contribution in [2.75, 3.05) is 20.8 Å². The zero-order chi connectivity index (χ0) is 7.98. The summed E-state index contributed by atoms with van der Waals surface area (Å²) < 4.78 is 4.92. The molecule has 58 valence electrons. The first-order valence-electron chi connectivity index (χ1n) is 3.30. The van der Waals surface area contributed by atoms with E-state index in [0.717, 1.165) is 5.71 Å². The van der Waals surface area contributed by atoms with Crippen LogP contribution in [0, 0.1) is 0 Å². The van der Waals surface area contributed by atoms with Crippen molar-refractivity contribution in [3.8, 4) is 0 Å². The zero-order valence-corrected chi connectivity index (χ0v) is 7.14. The van der Waals surface area contributed by atoms with Gasteiger partial charge in [0.25, 0.3) is 0 Å². The lowest BCUT2D eigenvalue weighted by Gasteiger charge is -1.97. The van der Waals surface area contributed by atoms with Gasteiger partial charge in [0.2, 0.25) is 0 Å². The molecule has 0 unspecified atom stereocenters. The molecule has 0 aliphatic carbocycles. The Hall–Kier alpha value is -0.630. The van der Waals surface area contributed by atoms with Crippen LogP contribution in [0.2, 0.25) is 0 Å². The van der Waals surface area contributed by atoms with Gasteiger partial charge < -0.3 is 4.74 Å². The summed E-state index contributed by atoms with van der Waals surface area (Å²) in [5, 5.41) is 0. The molecule has 0 radical (unpaired) electrons. The van der Waals surface area contributed by atoms with Gasteiger partial charge in [0.05, 0.1) is 12.3 Å². The largest absolute Gasteiger partial charge is 0.378 e. The van der Waals surface area contributed by atoms with Crippen molar-refractivity contribution < 1.29 is 4.74 Å². The van der Waals surface area contributed by atoms with E-state index in [1.165, 1.54) is 5.57 Å². The average Bonchev–Trinajstić information content (AvgIpc) is 1.86. The van der Waals surface area contributed by atoms with E-state index in [1.807, 2.05) is 19.9 Å². The monoisotopic (exact) mass is 141 g/mol. The smallest absolute Gasteiger partial charge is 0.0879 e. The minimum absolute atomic E-state index is 0.599. The van der Waals surface area contributed by atoms with Crippen LogP contribution in [0.3, 0.4) is 0 Å². The summed E-state index contributed by atoms with van der Waals surface area (Å²) in [5.74, 6) is 0. The third kappa shape index (κ3) is 4.27. The number of allylic oxidation sites excluding steroid dienone is 1. The van der Waals surface area contributed by atoms with E-state index in [9.17, 15) is 0 Å². The number of hydrogen-bond donors (Lipinski definition) is 0. The average molecular weight is 141 g/mol. The second-order valence-corrected chi connectivity index (χ2v) is 2.37. The number of rotatable bonds is 3. The van der Waals surface area contributed by atoms with Crippen LogP contribution in [0.1, 0.15) is 13.8 Å². The molecule has 0 aliphatic rings. The number of nitrogens with zero attached hydrogens (tertiary/aromatic N) is 1. The fourth-order valence-corrected chi connectivity index (χ4v) is 0.652. The summed E-state index contributed by atoms with van der Waals surface area (Å²) in [7, 11) is 3.44. The van der Waals surface area contributed by atoms with Gasteiger partial charge in [0.15, 0.2) is 0 Å². The Bertz CT molecular complexity index is 143. The lowest BCUT2D eigenvalue weighted by atomic mass is 10.2.